The number of aryl methyl sites for hydroxylation is 1. The molecular weight excluding hydrogens is 234 g/mol. The Morgan fingerprint density at radius 2 is 1.84 bits per heavy atom. The number of aromatic nitrogens is 3. The van der Waals surface area contributed by atoms with Crippen molar-refractivity contribution in [1.29, 1.82) is 0 Å². The molecule has 0 bridgehead atoms. The van der Waals surface area contributed by atoms with Gasteiger partial charge in [0, 0.05) is 18.8 Å². The molecular formula is C16H15N3. The van der Waals surface area contributed by atoms with E-state index in [9.17, 15) is 0 Å². The first-order chi connectivity index (χ1) is 9.33. The van der Waals surface area contributed by atoms with Gasteiger partial charge in [-0.2, -0.15) is 5.10 Å². The number of hydrogen-bond donors (Lipinski definition) is 0. The van der Waals surface area contributed by atoms with Crippen LogP contribution in [0.2, 0.25) is 0 Å². The molecule has 94 valence electrons. The van der Waals surface area contributed by atoms with E-state index in [4.69, 9.17) is 0 Å². The molecule has 0 aliphatic rings. The lowest BCUT2D eigenvalue weighted by molar-refractivity contribution is 0.796. The van der Waals surface area contributed by atoms with Gasteiger partial charge in [-0.25, -0.2) is 9.67 Å². The Hall–Kier alpha value is -2.42. The summed E-state index contributed by atoms with van der Waals surface area (Å²) in [6.45, 7) is 2.06. The average molecular weight is 249 g/mol. The van der Waals surface area contributed by atoms with Gasteiger partial charge in [0.1, 0.15) is 0 Å². The van der Waals surface area contributed by atoms with Crippen LogP contribution in [0.15, 0.2) is 60.9 Å². The van der Waals surface area contributed by atoms with Gasteiger partial charge in [-0.05, 0) is 36.2 Å². The first-order valence-electron chi connectivity index (χ1n) is 6.33. The van der Waals surface area contributed by atoms with Crippen LogP contribution in [0.1, 0.15) is 16.8 Å². The van der Waals surface area contributed by atoms with Crippen molar-refractivity contribution in [3.05, 3.63) is 77.7 Å². The van der Waals surface area contributed by atoms with Crippen LogP contribution in [-0.4, -0.2) is 14.8 Å². The van der Waals surface area contributed by atoms with E-state index >= 15 is 0 Å². The summed E-state index contributed by atoms with van der Waals surface area (Å²) in [4.78, 5) is 4.38. The van der Waals surface area contributed by atoms with Crippen molar-refractivity contribution in [3.63, 3.8) is 0 Å². The fraction of sp³-hybridized carbons (Fsp3) is 0.125. The molecule has 0 fully saturated rings. The Labute approximate surface area is 112 Å². The van der Waals surface area contributed by atoms with Crippen molar-refractivity contribution in [1.82, 2.24) is 14.8 Å². The first kappa shape index (κ1) is 11.7. The van der Waals surface area contributed by atoms with Gasteiger partial charge in [-0.3, -0.25) is 0 Å². The Balaban J connectivity index is 1.95. The van der Waals surface area contributed by atoms with E-state index in [1.54, 1.807) is 0 Å². The highest BCUT2D eigenvalue weighted by Crippen LogP contribution is 2.13. The lowest BCUT2D eigenvalue weighted by Crippen LogP contribution is -2.05. The molecule has 3 aromatic rings. The smallest absolute Gasteiger partial charge is 0.153 e. The second-order valence-electron chi connectivity index (χ2n) is 4.59. The van der Waals surface area contributed by atoms with Crippen molar-refractivity contribution in [2.75, 3.05) is 0 Å². The molecule has 0 radical (unpaired) electrons. The van der Waals surface area contributed by atoms with Gasteiger partial charge in [0.25, 0.3) is 0 Å². The van der Waals surface area contributed by atoms with E-state index in [-0.39, 0.29) is 0 Å². The lowest BCUT2D eigenvalue weighted by Gasteiger charge is -2.07. The molecule has 3 nitrogen and oxygen atoms in total. The fourth-order valence-electron chi connectivity index (χ4n) is 2.11. The third-order valence-electron chi connectivity index (χ3n) is 3.07. The predicted molar refractivity (Wildman–Crippen MR) is 75.3 cm³/mol. The number of benzene rings is 1. The van der Waals surface area contributed by atoms with Gasteiger partial charge in [-0.15, -0.1) is 0 Å². The topological polar surface area (TPSA) is 30.7 Å². The van der Waals surface area contributed by atoms with E-state index in [0.717, 1.165) is 17.9 Å². The minimum absolute atomic E-state index is 0.858. The van der Waals surface area contributed by atoms with Crippen LogP contribution >= 0.6 is 0 Å². The largest absolute Gasteiger partial charge is 0.237 e. The molecule has 0 amide bonds. The normalized spacial score (nSPS) is 10.6. The van der Waals surface area contributed by atoms with Crippen LogP contribution in [-0.2, 0) is 6.42 Å². The van der Waals surface area contributed by atoms with Crippen molar-refractivity contribution < 1.29 is 0 Å². The van der Waals surface area contributed by atoms with Crippen LogP contribution in [0.3, 0.4) is 0 Å². The molecule has 0 N–H and O–H groups in total. The van der Waals surface area contributed by atoms with Crippen molar-refractivity contribution in [2.45, 2.75) is 13.3 Å². The van der Waals surface area contributed by atoms with E-state index in [0.29, 0.717) is 0 Å². The van der Waals surface area contributed by atoms with Gasteiger partial charge in [-0.1, -0.05) is 30.3 Å². The second-order valence-corrected chi connectivity index (χ2v) is 4.59. The Morgan fingerprint density at radius 1 is 1.00 bits per heavy atom. The van der Waals surface area contributed by atoms with Crippen molar-refractivity contribution in [3.8, 4) is 5.82 Å². The van der Waals surface area contributed by atoms with E-state index in [1.165, 1.54) is 11.1 Å². The molecule has 3 rings (SSSR count). The summed E-state index contributed by atoms with van der Waals surface area (Å²) in [6.07, 6.45) is 4.50. The quantitative estimate of drug-likeness (QED) is 0.713. The van der Waals surface area contributed by atoms with E-state index < -0.39 is 0 Å². The van der Waals surface area contributed by atoms with Crippen molar-refractivity contribution in [2.24, 2.45) is 0 Å². The molecule has 1 aromatic carbocycles. The molecule has 3 heteroatoms. The maximum absolute atomic E-state index is 4.38. The zero-order valence-corrected chi connectivity index (χ0v) is 10.8. The molecule has 0 saturated heterocycles. The standard InChI is InChI=1S/C16H15N3/c1-13-7-9-17-16(11-13)19-15(8-10-18-19)12-14-5-3-2-4-6-14/h2-11H,12H2,1H3. The minimum Gasteiger partial charge on any atom is -0.237 e. The molecule has 0 aliphatic carbocycles. The third-order valence-corrected chi connectivity index (χ3v) is 3.07. The SMILES string of the molecule is Cc1ccnc(-n2nccc2Cc2ccccc2)c1. The number of rotatable bonds is 3. The third kappa shape index (κ3) is 2.55. The molecule has 0 atom stereocenters. The Morgan fingerprint density at radius 3 is 2.63 bits per heavy atom. The first-order valence-corrected chi connectivity index (χ1v) is 6.33. The molecule has 2 heterocycles. The maximum Gasteiger partial charge on any atom is 0.153 e. The summed E-state index contributed by atoms with van der Waals surface area (Å²) in [5, 5.41) is 4.38. The summed E-state index contributed by atoms with van der Waals surface area (Å²) in [6, 6.07) is 16.5. The summed E-state index contributed by atoms with van der Waals surface area (Å²) in [5.41, 5.74) is 3.60. The van der Waals surface area contributed by atoms with Crippen molar-refractivity contribution >= 4 is 0 Å². The molecule has 0 spiro atoms. The Kier molecular flexibility index (Phi) is 3.11. The molecule has 0 aliphatic heterocycles. The monoisotopic (exact) mass is 249 g/mol. The van der Waals surface area contributed by atoms with Gasteiger partial charge in [0.15, 0.2) is 5.82 Å². The van der Waals surface area contributed by atoms with E-state index in [2.05, 4.69) is 41.3 Å². The van der Waals surface area contributed by atoms with Crippen LogP contribution in [0.4, 0.5) is 0 Å². The van der Waals surface area contributed by atoms with E-state index in [1.807, 2.05) is 41.3 Å². The lowest BCUT2D eigenvalue weighted by atomic mass is 10.1. The minimum atomic E-state index is 0.858. The summed E-state index contributed by atoms with van der Waals surface area (Å²) in [7, 11) is 0. The van der Waals surface area contributed by atoms with Gasteiger partial charge in [0.05, 0.1) is 5.69 Å². The zero-order chi connectivity index (χ0) is 13.1. The average Bonchev–Trinajstić information content (AvgIpc) is 2.88. The Bertz CT molecular complexity index is 671. The highest BCUT2D eigenvalue weighted by atomic mass is 15.3. The summed E-state index contributed by atoms with van der Waals surface area (Å²) >= 11 is 0. The van der Waals surface area contributed by atoms with Crippen LogP contribution in [0.25, 0.3) is 5.82 Å². The highest BCUT2D eigenvalue weighted by molar-refractivity contribution is 5.30. The van der Waals surface area contributed by atoms with Gasteiger partial charge in [0.2, 0.25) is 0 Å². The summed E-state index contributed by atoms with van der Waals surface area (Å²) in [5.74, 6) is 0.871. The van der Waals surface area contributed by atoms with Crippen LogP contribution in [0, 0.1) is 6.92 Å². The highest BCUT2D eigenvalue weighted by Gasteiger charge is 2.06. The maximum atomic E-state index is 4.38. The molecule has 0 unspecified atom stereocenters. The van der Waals surface area contributed by atoms with Gasteiger partial charge >= 0.3 is 0 Å². The van der Waals surface area contributed by atoms with Gasteiger partial charge < -0.3 is 0 Å². The zero-order valence-electron chi connectivity index (χ0n) is 10.8. The fourth-order valence-corrected chi connectivity index (χ4v) is 2.11. The van der Waals surface area contributed by atoms with Crippen LogP contribution in [0.5, 0.6) is 0 Å². The second kappa shape index (κ2) is 5.06. The number of hydrogen-bond acceptors (Lipinski definition) is 2. The van der Waals surface area contributed by atoms with Crippen LogP contribution < -0.4 is 0 Å². The molecule has 2 aromatic heterocycles. The molecule has 0 saturated carbocycles. The number of nitrogens with zero attached hydrogens (tertiary/aromatic N) is 3. The number of pyridine rings is 1. The summed E-state index contributed by atoms with van der Waals surface area (Å²) < 4.78 is 1.90. The molecule has 19 heavy (non-hydrogen) atoms. The predicted octanol–water partition coefficient (Wildman–Crippen LogP) is 3.17.